The van der Waals surface area contributed by atoms with Crippen LogP contribution >= 0.6 is 0 Å². The van der Waals surface area contributed by atoms with Crippen molar-refractivity contribution in [3.05, 3.63) is 12.7 Å². The number of aromatic nitrogens is 4. The fourth-order valence-electron chi connectivity index (χ4n) is 2.79. The number of nitrogens with two attached hydrogens (primary N) is 1. The summed E-state index contributed by atoms with van der Waals surface area (Å²) < 4.78 is 1.79. The lowest BCUT2D eigenvalue weighted by Crippen LogP contribution is -2.40. The summed E-state index contributed by atoms with van der Waals surface area (Å²) in [5.41, 5.74) is 5.81. The summed E-state index contributed by atoms with van der Waals surface area (Å²) in [7, 11) is 0. The maximum Gasteiger partial charge on any atom is 0.165 e. The van der Waals surface area contributed by atoms with Gasteiger partial charge in [-0.25, -0.2) is 15.0 Å². The van der Waals surface area contributed by atoms with Crippen molar-refractivity contribution in [2.45, 2.75) is 31.1 Å². The van der Waals surface area contributed by atoms with Gasteiger partial charge in [0.2, 0.25) is 0 Å². The fraction of sp³-hybridized carbons (Fsp3) is 0.583. The molecular formula is C12H18N6O2. The van der Waals surface area contributed by atoms with E-state index in [0.717, 1.165) is 0 Å². The summed E-state index contributed by atoms with van der Waals surface area (Å²) in [6, 6.07) is -0.293. The van der Waals surface area contributed by atoms with Gasteiger partial charge in [-0.15, -0.1) is 0 Å². The summed E-state index contributed by atoms with van der Waals surface area (Å²) in [5.74, 6) is 0.315. The lowest BCUT2D eigenvalue weighted by atomic mass is 9.91. The van der Waals surface area contributed by atoms with E-state index < -0.39 is 11.7 Å². The molecule has 0 aromatic carbocycles. The first kappa shape index (κ1) is 13.2. The van der Waals surface area contributed by atoms with E-state index in [0.29, 0.717) is 30.1 Å². The highest BCUT2D eigenvalue weighted by atomic mass is 16.3. The SMILES string of the molecule is C[C@@]1(O)C[C@H](O)CNC[C@H]1n1cnc2c(N)ncnc21. The molecule has 8 heteroatoms. The maximum absolute atomic E-state index is 10.7. The average molecular weight is 278 g/mol. The predicted octanol–water partition coefficient (Wildman–Crippen LogP) is -0.945. The van der Waals surface area contributed by atoms with Crippen LogP contribution in [0.3, 0.4) is 0 Å². The third-order valence-corrected chi connectivity index (χ3v) is 3.81. The average Bonchev–Trinajstić information content (AvgIpc) is 2.73. The normalized spacial score (nSPS) is 31.4. The number of fused-ring (bicyclic) bond motifs is 1. The minimum atomic E-state index is -1.07. The van der Waals surface area contributed by atoms with Gasteiger partial charge in [0, 0.05) is 19.5 Å². The van der Waals surface area contributed by atoms with E-state index in [2.05, 4.69) is 20.3 Å². The Balaban J connectivity index is 2.07. The molecule has 0 aliphatic carbocycles. The molecule has 1 saturated heterocycles. The Bertz CT molecular complexity index is 625. The zero-order chi connectivity index (χ0) is 14.3. The predicted molar refractivity (Wildman–Crippen MR) is 72.9 cm³/mol. The Kier molecular flexibility index (Phi) is 3.08. The van der Waals surface area contributed by atoms with Gasteiger partial charge in [0.1, 0.15) is 11.8 Å². The fourth-order valence-corrected chi connectivity index (χ4v) is 2.79. The highest BCUT2D eigenvalue weighted by Crippen LogP contribution is 2.31. The van der Waals surface area contributed by atoms with Gasteiger partial charge in [0.05, 0.1) is 24.1 Å². The highest BCUT2D eigenvalue weighted by Gasteiger charge is 2.38. The van der Waals surface area contributed by atoms with Gasteiger partial charge in [-0.2, -0.15) is 0 Å². The Morgan fingerprint density at radius 2 is 2.20 bits per heavy atom. The molecule has 1 aliphatic rings. The van der Waals surface area contributed by atoms with Crippen molar-refractivity contribution in [2.24, 2.45) is 0 Å². The standard InChI is InChI=1S/C12H18N6O2/c1-12(20)2-7(19)3-14-4-8(12)18-6-17-9-10(13)15-5-16-11(9)18/h5-8,14,19-20H,2-4H2,1H3,(H2,13,15,16)/t7-,8+,12+/m0/s1. The molecule has 0 unspecified atom stereocenters. The molecule has 8 nitrogen and oxygen atoms in total. The molecule has 2 aromatic rings. The topological polar surface area (TPSA) is 122 Å². The van der Waals surface area contributed by atoms with E-state index in [1.54, 1.807) is 17.8 Å². The summed E-state index contributed by atoms with van der Waals surface area (Å²) in [6.45, 7) is 2.68. The molecule has 3 atom stereocenters. The molecule has 1 fully saturated rings. The van der Waals surface area contributed by atoms with Crippen LogP contribution in [0.4, 0.5) is 5.82 Å². The van der Waals surface area contributed by atoms with Crippen LogP contribution < -0.4 is 11.1 Å². The van der Waals surface area contributed by atoms with Gasteiger partial charge in [0.25, 0.3) is 0 Å². The number of rotatable bonds is 1. The van der Waals surface area contributed by atoms with Crippen LogP contribution in [0.2, 0.25) is 0 Å². The molecule has 5 N–H and O–H groups in total. The van der Waals surface area contributed by atoms with Crippen LogP contribution in [0.1, 0.15) is 19.4 Å². The molecule has 3 rings (SSSR count). The number of aliphatic hydroxyl groups excluding tert-OH is 1. The number of hydrogen-bond donors (Lipinski definition) is 4. The van der Waals surface area contributed by atoms with Crippen molar-refractivity contribution < 1.29 is 10.2 Å². The number of anilines is 1. The third-order valence-electron chi connectivity index (χ3n) is 3.81. The second kappa shape index (κ2) is 4.65. The molecule has 108 valence electrons. The Morgan fingerprint density at radius 1 is 1.40 bits per heavy atom. The summed E-state index contributed by atoms with van der Waals surface area (Å²) >= 11 is 0. The smallest absolute Gasteiger partial charge is 0.165 e. The van der Waals surface area contributed by atoms with Crippen molar-refractivity contribution in [3.8, 4) is 0 Å². The number of hydrogen-bond acceptors (Lipinski definition) is 7. The van der Waals surface area contributed by atoms with Crippen LogP contribution in [0, 0.1) is 0 Å². The Hall–Kier alpha value is -1.77. The number of imidazole rings is 1. The van der Waals surface area contributed by atoms with E-state index >= 15 is 0 Å². The number of β-amino-alcohol motifs (C(OH)–C–C–N with tert-alkyl or cyclic N) is 1. The highest BCUT2D eigenvalue weighted by molar-refractivity contribution is 5.81. The molecule has 2 aromatic heterocycles. The largest absolute Gasteiger partial charge is 0.392 e. The van der Waals surface area contributed by atoms with E-state index in [1.165, 1.54) is 6.33 Å². The maximum atomic E-state index is 10.7. The number of aliphatic hydroxyl groups is 2. The zero-order valence-corrected chi connectivity index (χ0v) is 11.2. The Labute approximate surface area is 115 Å². The van der Waals surface area contributed by atoms with E-state index in [9.17, 15) is 10.2 Å². The van der Waals surface area contributed by atoms with Gasteiger partial charge < -0.3 is 25.8 Å². The van der Waals surface area contributed by atoms with Crippen molar-refractivity contribution in [3.63, 3.8) is 0 Å². The molecule has 0 bridgehead atoms. The monoisotopic (exact) mass is 278 g/mol. The molecule has 3 heterocycles. The van der Waals surface area contributed by atoms with Gasteiger partial charge in [0.15, 0.2) is 11.5 Å². The third kappa shape index (κ3) is 2.11. The quantitative estimate of drug-likeness (QED) is 0.530. The minimum absolute atomic E-state index is 0.283. The number of nitrogens with zero attached hydrogens (tertiary/aromatic N) is 4. The van der Waals surface area contributed by atoms with Gasteiger partial charge in [-0.3, -0.25) is 0 Å². The molecular weight excluding hydrogens is 260 g/mol. The number of nitrogen functional groups attached to an aromatic ring is 1. The van der Waals surface area contributed by atoms with Crippen LogP contribution in [0.25, 0.3) is 11.2 Å². The first-order valence-electron chi connectivity index (χ1n) is 6.53. The van der Waals surface area contributed by atoms with Crippen LogP contribution in [0.15, 0.2) is 12.7 Å². The summed E-state index contributed by atoms with van der Waals surface area (Å²) in [5, 5.41) is 23.6. The van der Waals surface area contributed by atoms with Crippen molar-refractivity contribution in [2.75, 3.05) is 18.8 Å². The molecule has 0 saturated carbocycles. The molecule has 0 amide bonds. The number of nitrogens with one attached hydrogen (secondary N) is 1. The van der Waals surface area contributed by atoms with Crippen LogP contribution in [-0.2, 0) is 0 Å². The minimum Gasteiger partial charge on any atom is -0.392 e. The molecule has 0 radical (unpaired) electrons. The molecule has 20 heavy (non-hydrogen) atoms. The van der Waals surface area contributed by atoms with E-state index in [1.807, 2.05) is 0 Å². The van der Waals surface area contributed by atoms with Gasteiger partial charge in [-0.05, 0) is 6.92 Å². The Morgan fingerprint density at radius 3 is 3.00 bits per heavy atom. The van der Waals surface area contributed by atoms with Crippen molar-refractivity contribution >= 4 is 17.0 Å². The van der Waals surface area contributed by atoms with E-state index in [4.69, 9.17) is 5.73 Å². The van der Waals surface area contributed by atoms with Gasteiger partial charge in [-0.1, -0.05) is 0 Å². The summed E-state index contributed by atoms with van der Waals surface area (Å²) in [6.07, 6.45) is 2.69. The lowest BCUT2D eigenvalue weighted by Gasteiger charge is -2.32. The van der Waals surface area contributed by atoms with Crippen molar-refractivity contribution in [1.29, 1.82) is 0 Å². The first-order chi connectivity index (χ1) is 9.49. The van der Waals surface area contributed by atoms with Crippen molar-refractivity contribution in [1.82, 2.24) is 24.8 Å². The van der Waals surface area contributed by atoms with Gasteiger partial charge >= 0.3 is 0 Å². The zero-order valence-electron chi connectivity index (χ0n) is 11.2. The lowest BCUT2D eigenvalue weighted by molar-refractivity contribution is -0.0213. The molecule has 1 aliphatic heterocycles. The second-order valence-electron chi connectivity index (χ2n) is 5.47. The summed E-state index contributed by atoms with van der Waals surface area (Å²) in [4.78, 5) is 12.3. The van der Waals surface area contributed by atoms with E-state index in [-0.39, 0.29) is 12.5 Å². The first-order valence-corrected chi connectivity index (χ1v) is 6.53. The van der Waals surface area contributed by atoms with Crippen LogP contribution in [0.5, 0.6) is 0 Å². The van der Waals surface area contributed by atoms with Crippen LogP contribution in [-0.4, -0.2) is 54.5 Å². The molecule has 0 spiro atoms. The second-order valence-corrected chi connectivity index (χ2v) is 5.47.